The first-order chi connectivity index (χ1) is 9.31. The molecule has 0 aliphatic heterocycles. The van der Waals surface area contributed by atoms with Crippen LogP contribution in [0.1, 0.15) is 5.89 Å². The lowest BCUT2D eigenvalue weighted by atomic mass is 10.3. The number of hydrogen-bond donors (Lipinski definition) is 2. The summed E-state index contributed by atoms with van der Waals surface area (Å²) >= 11 is 0. The Kier molecular flexibility index (Phi) is 2.77. The smallest absolute Gasteiger partial charge is 0.250 e. The van der Waals surface area contributed by atoms with E-state index in [1.807, 2.05) is 24.3 Å². The van der Waals surface area contributed by atoms with Crippen molar-refractivity contribution in [3.63, 3.8) is 0 Å². The van der Waals surface area contributed by atoms with E-state index in [0.717, 1.165) is 5.52 Å². The highest BCUT2D eigenvalue weighted by Crippen LogP contribution is 2.15. The number of para-hydroxylation sites is 2. The number of H-pyrrole nitrogens is 1. The summed E-state index contributed by atoms with van der Waals surface area (Å²) in [7, 11) is 0. The average Bonchev–Trinajstić information content (AvgIpc) is 3.04. The first-order valence-electron chi connectivity index (χ1n) is 5.51. The van der Waals surface area contributed by atoms with Gasteiger partial charge in [0.25, 0.3) is 5.91 Å². The number of benzene rings is 1. The number of amides is 1. The van der Waals surface area contributed by atoms with Crippen LogP contribution in [0.5, 0.6) is 0 Å². The van der Waals surface area contributed by atoms with Gasteiger partial charge < -0.3 is 4.42 Å². The van der Waals surface area contributed by atoms with Gasteiger partial charge in [-0.15, -0.1) is 0 Å². The highest BCUT2D eigenvalue weighted by molar-refractivity contribution is 6.00. The Labute approximate surface area is 107 Å². The number of carbonyl (C=O) groups excluding carboxylic acids is 1. The van der Waals surface area contributed by atoms with Gasteiger partial charge in [-0.1, -0.05) is 12.1 Å². The molecule has 0 fully saturated rings. The van der Waals surface area contributed by atoms with Crippen LogP contribution < -0.4 is 5.32 Å². The average molecular weight is 255 g/mol. The minimum absolute atomic E-state index is 0.284. The molecule has 0 spiro atoms. The fourth-order valence-electron chi connectivity index (χ4n) is 1.53. The van der Waals surface area contributed by atoms with E-state index in [0.29, 0.717) is 11.5 Å². The zero-order valence-electron chi connectivity index (χ0n) is 9.70. The molecular formula is C12H9N5O2. The van der Waals surface area contributed by atoms with E-state index in [2.05, 4.69) is 25.5 Å². The van der Waals surface area contributed by atoms with E-state index in [4.69, 9.17) is 4.42 Å². The predicted octanol–water partition coefficient (Wildman–Crippen LogP) is 1.60. The third-order valence-electron chi connectivity index (χ3n) is 2.34. The number of nitrogens with zero attached hydrogens (tertiary/aromatic N) is 3. The Morgan fingerprint density at radius 2 is 2.26 bits per heavy atom. The van der Waals surface area contributed by atoms with Gasteiger partial charge in [0, 0.05) is 12.2 Å². The van der Waals surface area contributed by atoms with Gasteiger partial charge in [-0.25, -0.2) is 10.1 Å². The van der Waals surface area contributed by atoms with E-state index >= 15 is 0 Å². The van der Waals surface area contributed by atoms with E-state index in [9.17, 15) is 4.79 Å². The summed E-state index contributed by atoms with van der Waals surface area (Å²) in [5.74, 6) is 0.306. The number of rotatable bonds is 3. The van der Waals surface area contributed by atoms with Crippen molar-refractivity contribution in [1.82, 2.24) is 20.2 Å². The Bertz CT molecular complexity index is 697. The highest BCUT2D eigenvalue weighted by atomic mass is 16.3. The van der Waals surface area contributed by atoms with Gasteiger partial charge >= 0.3 is 0 Å². The second-order valence-electron chi connectivity index (χ2n) is 3.68. The highest BCUT2D eigenvalue weighted by Gasteiger charge is 2.03. The van der Waals surface area contributed by atoms with Crippen LogP contribution in [0, 0.1) is 0 Å². The number of carbonyl (C=O) groups is 1. The van der Waals surface area contributed by atoms with Gasteiger partial charge in [0.05, 0.1) is 0 Å². The third kappa shape index (κ3) is 2.49. The van der Waals surface area contributed by atoms with Crippen molar-refractivity contribution in [3.05, 3.63) is 42.6 Å². The molecule has 0 aliphatic carbocycles. The number of oxazole rings is 1. The summed E-state index contributed by atoms with van der Waals surface area (Å²) < 4.78 is 5.44. The van der Waals surface area contributed by atoms with Crippen LogP contribution >= 0.6 is 0 Å². The van der Waals surface area contributed by atoms with E-state index in [-0.39, 0.29) is 11.9 Å². The van der Waals surface area contributed by atoms with Crippen molar-refractivity contribution >= 4 is 29.0 Å². The first kappa shape index (κ1) is 11.1. The largest absolute Gasteiger partial charge is 0.437 e. The molecule has 0 radical (unpaired) electrons. The summed E-state index contributed by atoms with van der Waals surface area (Å²) in [6, 6.07) is 7.38. The molecule has 3 aromatic rings. The lowest BCUT2D eigenvalue weighted by Gasteiger charge is -1.93. The Morgan fingerprint density at radius 1 is 1.37 bits per heavy atom. The molecule has 2 heterocycles. The molecule has 2 aromatic heterocycles. The summed E-state index contributed by atoms with van der Waals surface area (Å²) in [6.45, 7) is 0. The lowest BCUT2D eigenvalue weighted by Crippen LogP contribution is -2.08. The fourth-order valence-corrected chi connectivity index (χ4v) is 1.53. The molecule has 7 nitrogen and oxygen atoms in total. The van der Waals surface area contributed by atoms with Crippen LogP contribution in [0.15, 0.2) is 41.1 Å². The molecule has 0 bridgehead atoms. The van der Waals surface area contributed by atoms with Crippen molar-refractivity contribution in [2.45, 2.75) is 0 Å². The second-order valence-corrected chi connectivity index (χ2v) is 3.68. The van der Waals surface area contributed by atoms with Gasteiger partial charge in [-0.2, -0.15) is 10.1 Å². The zero-order chi connectivity index (χ0) is 13.1. The van der Waals surface area contributed by atoms with E-state index in [1.165, 1.54) is 18.5 Å². The van der Waals surface area contributed by atoms with Crippen molar-refractivity contribution in [1.29, 1.82) is 0 Å². The molecule has 0 saturated carbocycles. The van der Waals surface area contributed by atoms with Crippen molar-refractivity contribution in [3.8, 4) is 0 Å². The normalized spacial score (nSPS) is 11.2. The lowest BCUT2D eigenvalue weighted by molar-refractivity contribution is -0.111. The minimum Gasteiger partial charge on any atom is -0.437 e. The number of fused-ring (bicyclic) bond motifs is 1. The van der Waals surface area contributed by atoms with Crippen LogP contribution in [0.3, 0.4) is 0 Å². The summed E-state index contributed by atoms with van der Waals surface area (Å²) in [4.78, 5) is 19.5. The number of aromatic nitrogens is 4. The number of nitrogens with one attached hydrogen (secondary N) is 2. The number of anilines is 1. The molecule has 2 N–H and O–H groups in total. The summed E-state index contributed by atoms with van der Waals surface area (Å²) in [5.41, 5.74) is 1.43. The second kappa shape index (κ2) is 4.73. The van der Waals surface area contributed by atoms with Crippen LogP contribution in [0.2, 0.25) is 0 Å². The Morgan fingerprint density at radius 3 is 3.05 bits per heavy atom. The summed E-state index contributed by atoms with van der Waals surface area (Å²) in [6.07, 6.45) is 4.11. The molecule has 0 unspecified atom stereocenters. The van der Waals surface area contributed by atoms with Gasteiger partial charge in [0.2, 0.25) is 11.8 Å². The predicted molar refractivity (Wildman–Crippen MR) is 68.1 cm³/mol. The van der Waals surface area contributed by atoms with Crippen LogP contribution in [-0.4, -0.2) is 26.1 Å². The molecule has 7 heteroatoms. The van der Waals surface area contributed by atoms with E-state index in [1.54, 1.807) is 0 Å². The number of hydrogen-bond acceptors (Lipinski definition) is 5. The van der Waals surface area contributed by atoms with Gasteiger partial charge in [0.1, 0.15) is 11.8 Å². The molecule has 19 heavy (non-hydrogen) atoms. The molecule has 0 atom stereocenters. The molecular weight excluding hydrogens is 246 g/mol. The van der Waals surface area contributed by atoms with Crippen molar-refractivity contribution in [2.24, 2.45) is 0 Å². The van der Waals surface area contributed by atoms with Gasteiger partial charge in [-0.3, -0.25) is 10.1 Å². The van der Waals surface area contributed by atoms with Crippen molar-refractivity contribution in [2.75, 3.05) is 5.32 Å². The maximum atomic E-state index is 11.5. The van der Waals surface area contributed by atoms with Crippen LogP contribution in [0.4, 0.5) is 5.95 Å². The standard InChI is InChI=1S/C12H9N5O2/c18-10(16-12-13-7-14-17-12)5-6-11-15-8-3-1-2-4-9(8)19-11/h1-7H,(H2,13,14,16,17,18). The fraction of sp³-hybridized carbons (Fsp3) is 0. The molecule has 0 saturated heterocycles. The first-order valence-corrected chi connectivity index (χ1v) is 5.51. The monoisotopic (exact) mass is 255 g/mol. The third-order valence-corrected chi connectivity index (χ3v) is 2.34. The molecule has 0 aliphatic rings. The SMILES string of the molecule is O=C(C=Cc1nc2ccccc2o1)Nc1ncn[nH]1. The topological polar surface area (TPSA) is 96.7 Å². The minimum atomic E-state index is -0.348. The maximum absolute atomic E-state index is 11.5. The van der Waals surface area contributed by atoms with Crippen molar-refractivity contribution < 1.29 is 9.21 Å². The molecule has 1 aromatic carbocycles. The zero-order valence-corrected chi connectivity index (χ0v) is 9.70. The molecule has 1 amide bonds. The Balaban J connectivity index is 1.73. The summed E-state index contributed by atoms with van der Waals surface area (Å²) in [5, 5.41) is 8.64. The quantitative estimate of drug-likeness (QED) is 0.693. The molecule has 94 valence electrons. The Hall–Kier alpha value is -2.96. The number of aromatic amines is 1. The molecule has 3 rings (SSSR count). The van der Waals surface area contributed by atoms with Crippen LogP contribution in [-0.2, 0) is 4.79 Å². The van der Waals surface area contributed by atoms with Gasteiger partial charge in [0.15, 0.2) is 5.58 Å². The maximum Gasteiger partial charge on any atom is 0.250 e. The van der Waals surface area contributed by atoms with E-state index < -0.39 is 0 Å². The van der Waals surface area contributed by atoms with Gasteiger partial charge in [-0.05, 0) is 12.1 Å². The van der Waals surface area contributed by atoms with Crippen LogP contribution in [0.25, 0.3) is 17.2 Å².